The summed E-state index contributed by atoms with van der Waals surface area (Å²) in [7, 11) is 0. The molecule has 0 spiro atoms. The molecular formula is C7H7F4N2. The van der Waals surface area contributed by atoms with Crippen molar-refractivity contribution >= 4 is 0 Å². The normalized spacial score (nSPS) is 12.1. The predicted molar refractivity (Wildman–Crippen MR) is 36.5 cm³/mol. The van der Waals surface area contributed by atoms with Crippen molar-refractivity contribution in [1.82, 2.24) is 9.78 Å². The van der Waals surface area contributed by atoms with Gasteiger partial charge in [0, 0.05) is 0 Å². The van der Waals surface area contributed by atoms with Gasteiger partial charge in [0.1, 0.15) is 6.54 Å². The van der Waals surface area contributed by atoms with Crippen molar-refractivity contribution in [1.29, 1.82) is 0 Å². The van der Waals surface area contributed by atoms with Crippen LogP contribution in [-0.2, 0) is 13.0 Å². The molecule has 1 radical (unpaired) electrons. The molecule has 73 valence electrons. The van der Waals surface area contributed by atoms with E-state index >= 15 is 0 Å². The average Bonchev–Trinajstić information content (AvgIpc) is 2.28. The van der Waals surface area contributed by atoms with E-state index in [-0.39, 0.29) is 12.1 Å². The zero-order chi connectivity index (χ0) is 10.1. The lowest BCUT2D eigenvalue weighted by molar-refractivity contribution is -0.143. The molecule has 0 saturated carbocycles. The van der Waals surface area contributed by atoms with Crippen LogP contribution in [0.4, 0.5) is 17.6 Å². The molecule has 0 saturated heterocycles. The monoisotopic (exact) mass is 195 g/mol. The highest BCUT2D eigenvalue weighted by atomic mass is 19.4. The van der Waals surface area contributed by atoms with Crippen molar-refractivity contribution < 1.29 is 17.6 Å². The summed E-state index contributed by atoms with van der Waals surface area (Å²) >= 11 is 0. The molecule has 0 atom stereocenters. The maximum Gasteiger partial charge on any atom is 0.408 e. The number of rotatable bonds is 2. The van der Waals surface area contributed by atoms with Crippen LogP contribution < -0.4 is 0 Å². The number of nitrogens with zero attached hydrogens (tertiary/aromatic N) is 2. The Hall–Kier alpha value is -1.07. The van der Waals surface area contributed by atoms with Crippen LogP contribution in [0, 0.1) is 12.0 Å². The van der Waals surface area contributed by atoms with Crippen molar-refractivity contribution in [2.75, 3.05) is 0 Å². The summed E-state index contributed by atoms with van der Waals surface area (Å²) in [6.07, 6.45) is -2.36. The molecule has 0 amide bonds. The van der Waals surface area contributed by atoms with Crippen LogP contribution >= 0.6 is 0 Å². The van der Waals surface area contributed by atoms with Gasteiger partial charge in [-0.3, -0.25) is 4.68 Å². The molecule has 1 aromatic rings. The molecule has 6 heteroatoms. The Balaban J connectivity index is 2.89. The zero-order valence-corrected chi connectivity index (χ0v) is 6.82. The molecule has 0 N–H and O–H groups in total. The minimum atomic E-state index is -4.38. The van der Waals surface area contributed by atoms with Crippen LogP contribution in [0.25, 0.3) is 0 Å². The summed E-state index contributed by atoms with van der Waals surface area (Å²) in [5.74, 6) is -0.813. The molecular weight excluding hydrogens is 188 g/mol. The lowest BCUT2D eigenvalue weighted by atomic mass is 10.3. The third-order valence-electron chi connectivity index (χ3n) is 1.50. The molecule has 0 aliphatic carbocycles. The largest absolute Gasteiger partial charge is 0.408 e. The molecule has 0 unspecified atom stereocenters. The third kappa shape index (κ3) is 2.43. The van der Waals surface area contributed by atoms with Gasteiger partial charge in [0.15, 0.2) is 12.0 Å². The minimum absolute atomic E-state index is 0.0719. The smallest absolute Gasteiger partial charge is 0.257 e. The van der Waals surface area contributed by atoms with Crippen molar-refractivity contribution in [2.45, 2.75) is 26.1 Å². The quantitative estimate of drug-likeness (QED) is 0.659. The molecule has 13 heavy (non-hydrogen) atoms. The van der Waals surface area contributed by atoms with Gasteiger partial charge in [-0.2, -0.15) is 18.3 Å². The van der Waals surface area contributed by atoms with Gasteiger partial charge in [0.05, 0.1) is 5.69 Å². The first-order chi connectivity index (χ1) is 5.94. The van der Waals surface area contributed by atoms with E-state index in [9.17, 15) is 17.6 Å². The second-order valence-corrected chi connectivity index (χ2v) is 2.50. The van der Waals surface area contributed by atoms with Crippen molar-refractivity contribution in [3.05, 3.63) is 17.7 Å². The fourth-order valence-corrected chi connectivity index (χ4v) is 0.981. The molecule has 0 aliphatic heterocycles. The SMILES string of the molecule is CCc1c(F)[c]nn1CC(F)(F)F. The Morgan fingerprint density at radius 1 is 1.46 bits per heavy atom. The van der Waals surface area contributed by atoms with E-state index in [1.165, 1.54) is 0 Å². The van der Waals surface area contributed by atoms with Gasteiger partial charge in [-0.05, 0) is 6.42 Å². The molecule has 2 nitrogen and oxygen atoms in total. The van der Waals surface area contributed by atoms with Crippen LogP contribution in [0.1, 0.15) is 12.6 Å². The molecule has 0 bridgehead atoms. The summed E-state index contributed by atoms with van der Waals surface area (Å²) in [6, 6.07) is 0. The fourth-order valence-electron chi connectivity index (χ4n) is 0.981. The van der Waals surface area contributed by atoms with Gasteiger partial charge in [-0.15, -0.1) is 0 Å². The molecule has 0 aliphatic rings. The highest BCUT2D eigenvalue weighted by molar-refractivity contribution is 5.02. The Bertz CT molecular complexity index is 289. The summed E-state index contributed by atoms with van der Waals surface area (Å²) < 4.78 is 48.9. The maximum atomic E-state index is 12.7. The first-order valence-corrected chi connectivity index (χ1v) is 3.63. The van der Waals surface area contributed by atoms with Crippen LogP contribution in [0.5, 0.6) is 0 Å². The maximum absolute atomic E-state index is 12.7. The van der Waals surface area contributed by atoms with Gasteiger partial charge in [0.2, 0.25) is 0 Å². The minimum Gasteiger partial charge on any atom is -0.257 e. The van der Waals surface area contributed by atoms with E-state index in [1.807, 2.05) is 6.20 Å². The van der Waals surface area contributed by atoms with E-state index in [4.69, 9.17) is 0 Å². The Kier molecular flexibility index (Phi) is 2.58. The van der Waals surface area contributed by atoms with Crippen molar-refractivity contribution in [2.24, 2.45) is 0 Å². The van der Waals surface area contributed by atoms with Crippen LogP contribution in [0.15, 0.2) is 0 Å². The molecule has 1 heterocycles. The number of aromatic nitrogens is 2. The molecule has 0 aromatic carbocycles. The highest BCUT2D eigenvalue weighted by Gasteiger charge is 2.29. The van der Waals surface area contributed by atoms with E-state index in [0.29, 0.717) is 4.68 Å². The van der Waals surface area contributed by atoms with Gasteiger partial charge in [0.25, 0.3) is 0 Å². The Labute approximate surface area is 72.2 Å². The number of hydrogen-bond acceptors (Lipinski definition) is 1. The standard InChI is InChI=1S/C7H7F4N2/c1-2-6-5(8)3-12-13(6)4-7(9,10)11/h2,4H2,1H3. The van der Waals surface area contributed by atoms with Crippen molar-refractivity contribution in [3.63, 3.8) is 0 Å². The Morgan fingerprint density at radius 3 is 2.54 bits per heavy atom. The van der Waals surface area contributed by atoms with Crippen LogP contribution in [0.3, 0.4) is 0 Å². The predicted octanol–water partition coefficient (Wildman–Crippen LogP) is 1.95. The van der Waals surface area contributed by atoms with E-state index < -0.39 is 18.5 Å². The summed E-state index contributed by atoms with van der Waals surface area (Å²) in [4.78, 5) is 0. The summed E-state index contributed by atoms with van der Waals surface area (Å²) in [5, 5.41) is 3.17. The van der Waals surface area contributed by atoms with Crippen LogP contribution in [-0.4, -0.2) is 16.0 Å². The average molecular weight is 195 g/mol. The molecule has 1 rings (SSSR count). The van der Waals surface area contributed by atoms with Gasteiger partial charge >= 0.3 is 6.18 Å². The van der Waals surface area contributed by atoms with Crippen LogP contribution in [0.2, 0.25) is 0 Å². The topological polar surface area (TPSA) is 17.8 Å². The third-order valence-corrected chi connectivity index (χ3v) is 1.50. The van der Waals surface area contributed by atoms with Crippen molar-refractivity contribution in [3.8, 4) is 0 Å². The number of hydrogen-bond donors (Lipinski definition) is 0. The van der Waals surface area contributed by atoms with E-state index in [1.54, 1.807) is 6.92 Å². The highest BCUT2D eigenvalue weighted by Crippen LogP contribution is 2.19. The number of halogens is 4. The van der Waals surface area contributed by atoms with Gasteiger partial charge in [-0.1, -0.05) is 6.92 Å². The fraction of sp³-hybridized carbons (Fsp3) is 0.571. The first-order valence-electron chi connectivity index (χ1n) is 3.63. The molecule has 0 fully saturated rings. The first kappa shape index (κ1) is 10.0. The number of alkyl halides is 3. The zero-order valence-electron chi connectivity index (χ0n) is 6.82. The Morgan fingerprint density at radius 2 is 2.08 bits per heavy atom. The lowest BCUT2D eigenvalue weighted by Crippen LogP contribution is -2.20. The van der Waals surface area contributed by atoms with E-state index in [0.717, 1.165) is 0 Å². The van der Waals surface area contributed by atoms with Gasteiger partial charge < -0.3 is 0 Å². The van der Waals surface area contributed by atoms with Gasteiger partial charge in [-0.25, -0.2) is 4.39 Å². The molecule has 1 aromatic heterocycles. The second-order valence-electron chi connectivity index (χ2n) is 2.50. The van der Waals surface area contributed by atoms with E-state index in [2.05, 4.69) is 5.10 Å². The summed E-state index contributed by atoms with van der Waals surface area (Å²) in [5.41, 5.74) is -0.0719. The summed E-state index contributed by atoms with van der Waals surface area (Å²) in [6.45, 7) is 0.289. The lowest BCUT2D eigenvalue weighted by Gasteiger charge is -2.08. The second kappa shape index (κ2) is 3.35.